The number of carbonyl (C=O) groups excluding carboxylic acids is 1. The van der Waals surface area contributed by atoms with Gasteiger partial charge in [0.05, 0.1) is 5.92 Å². The zero-order valence-corrected chi connectivity index (χ0v) is 18.8. The lowest BCUT2D eigenvalue weighted by molar-refractivity contribution is -0.138. The number of hydrogen-bond donors (Lipinski definition) is 3. The number of amides is 1. The monoisotopic (exact) mass is 446 g/mol. The number of likely N-dealkylation sites (tertiary alicyclic amines) is 1. The summed E-state index contributed by atoms with van der Waals surface area (Å²) in [7, 11) is 0. The van der Waals surface area contributed by atoms with Crippen LogP contribution in [0.4, 0.5) is 0 Å². The number of rotatable bonds is 7. The summed E-state index contributed by atoms with van der Waals surface area (Å²) >= 11 is 0. The first-order valence-corrected chi connectivity index (χ1v) is 11.3. The Labute approximate surface area is 193 Å². The molecule has 0 aliphatic carbocycles. The number of nitrogen functional groups attached to an aromatic ring is 1. The number of carboxylic acid groups (broad SMARTS) is 1. The highest BCUT2D eigenvalue weighted by atomic mass is 16.4. The van der Waals surface area contributed by atoms with Crippen molar-refractivity contribution in [1.82, 2.24) is 9.47 Å². The number of carboxylic acids is 1. The molecule has 0 radical (unpaired) electrons. The van der Waals surface area contributed by atoms with Crippen LogP contribution in [0, 0.1) is 11.3 Å². The highest BCUT2D eigenvalue weighted by Gasteiger charge is 2.25. The number of piperidine rings is 1. The molecular formula is C26H30N4O3. The predicted octanol–water partition coefficient (Wildman–Crippen LogP) is 3.59. The SMILES string of the molecule is CC(C(=O)O)c1cn(CC(=O)N2CCC(Cc3ccccc3)CC2)c2ccc(C(=N)N)cc12. The Morgan fingerprint density at radius 3 is 2.48 bits per heavy atom. The van der Waals surface area contributed by atoms with Crippen molar-refractivity contribution in [3.8, 4) is 0 Å². The van der Waals surface area contributed by atoms with Crippen LogP contribution in [0.5, 0.6) is 0 Å². The lowest BCUT2D eigenvalue weighted by Crippen LogP contribution is -2.40. The third kappa shape index (κ3) is 4.92. The normalized spacial score (nSPS) is 15.5. The van der Waals surface area contributed by atoms with Gasteiger partial charge in [0.2, 0.25) is 5.91 Å². The fourth-order valence-corrected chi connectivity index (χ4v) is 4.68. The van der Waals surface area contributed by atoms with Crippen molar-refractivity contribution in [2.45, 2.75) is 38.6 Å². The van der Waals surface area contributed by atoms with E-state index < -0.39 is 11.9 Å². The summed E-state index contributed by atoms with van der Waals surface area (Å²) in [4.78, 5) is 26.7. The van der Waals surface area contributed by atoms with Crippen LogP contribution < -0.4 is 5.73 Å². The molecule has 1 saturated heterocycles. The molecule has 1 aromatic heterocycles. The number of aliphatic carboxylic acids is 1. The molecule has 172 valence electrons. The van der Waals surface area contributed by atoms with Crippen molar-refractivity contribution >= 4 is 28.6 Å². The van der Waals surface area contributed by atoms with E-state index in [1.807, 2.05) is 21.6 Å². The highest BCUT2D eigenvalue weighted by Crippen LogP contribution is 2.30. The van der Waals surface area contributed by atoms with Crippen molar-refractivity contribution in [3.63, 3.8) is 0 Å². The fraction of sp³-hybridized carbons (Fsp3) is 0.346. The minimum absolute atomic E-state index is 0.0373. The molecule has 1 aliphatic heterocycles. The molecular weight excluding hydrogens is 416 g/mol. The van der Waals surface area contributed by atoms with Crippen LogP contribution in [0.3, 0.4) is 0 Å². The molecule has 2 aromatic carbocycles. The van der Waals surface area contributed by atoms with Gasteiger partial charge in [-0.05, 0) is 61.4 Å². The summed E-state index contributed by atoms with van der Waals surface area (Å²) in [6, 6.07) is 15.7. The highest BCUT2D eigenvalue weighted by molar-refractivity contribution is 6.00. The second-order valence-electron chi connectivity index (χ2n) is 8.93. The van der Waals surface area contributed by atoms with E-state index in [-0.39, 0.29) is 18.3 Å². The van der Waals surface area contributed by atoms with Crippen LogP contribution in [0.25, 0.3) is 10.9 Å². The summed E-state index contributed by atoms with van der Waals surface area (Å²) in [5.41, 5.74) is 8.90. The molecule has 0 bridgehead atoms. The Kier molecular flexibility index (Phi) is 6.49. The van der Waals surface area contributed by atoms with Crippen LogP contribution in [-0.4, -0.2) is 45.4 Å². The second-order valence-corrected chi connectivity index (χ2v) is 8.93. The third-order valence-electron chi connectivity index (χ3n) is 6.70. The molecule has 4 rings (SSSR count). The maximum absolute atomic E-state index is 13.1. The average molecular weight is 447 g/mol. The van der Waals surface area contributed by atoms with Gasteiger partial charge in [0.15, 0.2) is 0 Å². The zero-order valence-electron chi connectivity index (χ0n) is 18.8. The summed E-state index contributed by atoms with van der Waals surface area (Å²) in [6.45, 7) is 3.26. The van der Waals surface area contributed by atoms with E-state index in [0.29, 0.717) is 22.4 Å². The van der Waals surface area contributed by atoms with Crippen molar-refractivity contribution in [2.24, 2.45) is 11.7 Å². The van der Waals surface area contributed by atoms with Gasteiger partial charge in [-0.1, -0.05) is 30.3 Å². The minimum atomic E-state index is -0.936. The van der Waals surface area contributed by atoms with Gasteiger partial charge in [0.1, 0.15) is 12.4 Å². The average Bonchev–Trinajstić information content (AvgIpc) is 3.17. The largest absolute Gasteiger partial charge is 0.481 e. The number of hydrogen-bond acceptors (Lipinski definition) is 3. The second kappa shape index (κ2) is 9.48. The van der Waals surface area contributed by atoms with Gasteiger partial charge in [0.25, 0.3) is 0 Å². The third-order valence-corrected chi connectivity index (χ3v) is 6.70. The van der Waals surface area contributed by atoms with Gasteiger partial charge < -0.3 is 20.3 Å². The first-order valence-electron chi connectivity index (χ1n) is 11.3. The number of benzene rings is 2. The van der Waals surface area contributed by atoms with Gasteiger partial charge in [0, 0.05) is 35.8 Å². The molecule has 3 aromatic rings. The molecule has 1 unspecified atom stereocenters. The summed E-state index contributed by atoms with van der Waals surface area (Å²) in [5, 5.41) is 18.0. The molecule has 1 aliphatic rings. The quantitative estimate of drug-likeness (QED) is 0.380. The van der Waals surface area contributed by atoms with Crippen LogP contribution in [-0.2, 0) is 22.6 Å². The van der Waals surface area contributed by atoms with Crippen molar-refractivity contribution in [3.05, 3.63) is 71.4 Å². The van der Waals surface area contributed by atoms with Crippen LogP contribution in [0.2, 0.25) is 0 Å². The van der Waals surface area contributed by atoms with Gasteiger partial charge >= 0.3 is 5.97 Å². The van der Waals surface area contributed by atoms with Crippen LogP contribution in [0.1, 0.15) is 42.4 Å². The standard InChI is InChI=1S/C26H30N4O3/c1-17(26(32)33)22-15-30(23-8-7-20(25(27)28)14-21(22)23)16-24(31)29-11-9-19(10-12-29)13-18-5-3-2-4-6-18/h2-8,14-15,17,19H,9-13,16H2,1H3,(H3,27,28)(H,32,33). The van der Waals surface area contributed by atoms with Crippen molar-refractivity contribution in [1.29, 1.82) is 5.41 Å². The number of aromatic nitrogens is 1. The first kappa shape index (κ1) is 22.6. The molecule has 2 heterocycles. The molecule has 7 heteroatoms. The van der Waals surface area contributed by atoms with Crippen molar-refractivity contribution < 1.29 is 14.7 Å². The number of nitrogens with zero attached hydrogens (tertiary/aromatic N) is 2. The Balaban J connectivity index is 1.48. The van der Waals surface area contributed by atoms with E-state index in [0.717, 1.165) is 37.9 Å². The Hall–Kier alpha value is -3.61. The summed E-state index contributed by atoms with van der Waals surface area (Å²) in [5.74, 6) is -1.13. The molecule has 33 heavy (non-hydrogen) atoms. The number of amidine groups is 1. The Bertz CT molecular complexity index is 1180. The molecule has 7 nitrogen and oxygen atoms in total. The minimum Gasteiger partial charge on any atom is -0.481 e. The van der Waals surface area contributed by atoms with Crippen LogP contribution in [0.15, 0.2) is 54.7 Å². The molecule has 1 amide bonds. The predicted molar refractivity (Wildman–Crippen MR) is 128 cm³/mol. The summed E-state index contributed by atoms with van der Waals surface area (Å²) in [6.07, 6.45) is 4.76. The lowest BCUT2D eigenvalue weighted by atomic mass is 9.90. The molecule has 1 fully saturated rings. The Morgan fingerprint density at radius 1 is 1.15 bits per heavy atom. The molecule has 1 atom stereocenters. The van der Waals surface area contributed by atoms with E-state index in [1.165, 1.54) is 5.56 Å². The van der Waals surface area contributed by atoms with Crippen LogP contribution >= 0.6 is 0 Å². The number of carbonyl (C=O) groups is 2. The molecule has 4 N–H and O–H groups in total. The number of nitrogens with one attached hydrogen (secondary N) is 1. The topological polar surface area (TPSA) is 112 Å². The number of fused-ring (bicyclic) bond motifs is 1. The van der Waals surface area contributed by atoms with Gasteiger partial charge in [-0.25, -0.2) is 0 Å². The fourth-order valence-electron chi connectivity index (χ4n) is 4.68. The van der Waals surface area contributed by atoms with Gasteiger partial charge in [-0.15, -0.1) is 0 Å². The molecule has 0 spiro atoms. The number of nitrogens with two attached hydrogens (primary N) is 1. The zero-order chi connectivity index (χ0) is 23.5. The first-order chi connectivity index (χ1) is 15.8. The smallest absolute Gasteiger partial charge is 0.310 e. The maximum atomic E-state index is 13.1. The van der Waals surface area contributed by atoms with Crippen molar-refractivity contribution in [2.75, 3.05) is 13.1 Å². The van der Waals surface area contributed by atoms with E-state index in [4.69, 9.17) is 11.1 Å². The lowest BCUT2D eigenvalue weighted by Gasteiger charge is -2.32. The summed E-state index contributed by atoms with van der Waals surface area (Å²) < 4.78 is 1.83. The van der Waals surface area contributed by atoms with E-state index in [1.54, 1.807) is 25.3 Å². The van der Waals surface area contributed by atoms with Gasteiger partial charge in [-0.3, -0.25) is 15.0 Å². The van der Waals surface area contributed by atoms with E-state index in [2.05, 4.69) is 24.3 Å². The van der Waals surface area contributed by atoms with E-state index >= 15 is 0 Å². The Morgan fingerprint density at radius 2 is 1.85 bits per heavy atom. The van der Waals surface area contributed by atoms with Gasteiger partial charge in [-0.2, -0.15) is 0 Å². The van der Waals surface area contributed by atoms with E-state index in [9.17, 15) is 14.7 Å². The maximum Gasteiger partial charge on any atom is 0.310 e. The molecule has 0 saturated carbocycles.